The second kappa shape index (κ2) is 9.80. The molecule has 4 rings (SSSR count). The van der Waals surface area contributed by atoms with Gasteiger partial charge in [-0.05, 0) is 17.7 Å². The Bertz CT molecular complexity index is 767. The molecule has 4 heteroatoms. The molecule has 0 bridgehead atoms. The van der Waals surface area contributed by atoms with Crippen molar-refractivity contribution in [2.24, 2.45) is 0 Å². The van der Waals surface area contributed by atoms with Crippen LogP contribution in [0.15, 0.2) is 79.0 Å². The van der Waals surface area contributed by atoms with E-state index in [1.807, 2.05) is 12.3 Å². The zero-order valence-electron chi connectivity index (χ0n) is 13.3. The van der Waals surface area contributed by atoms with Gasteiger partial charge in [-0.3, -0.25) is 11.1 Å². The van der Waals surface area contributed by atoms with Crippen LogP contribution in [0.3, 0.4) is 0 Å². The van der Waals surface area contributed by atoms with Gasteiger partial charge in [0.1, 0.15) is 0 Å². The fourth-order valence-corrected chi connectivity index (χ4v) is 3.22. The van der Waals surface area contributed by atoms with Crippen LogP contribution in [-0.4, -0.2) is 4.98 Å². The van der Waals surface area contributed by atoms with E-state index < -0.39 is 0 Å². The summed E-state index contributed by atoms with van der Waals surface area (Å²) in [7, 11) is 0. The summed E-state index contributed by atoms with van der Waals surface area (Å²) in [6.07, 6.45) is 7.53. The SMILES string of the molecule is [C-]1=Cc2ccccc2C1C(c1ccccc1)c1ccccn1.[Cl-].[Cl-].[Cr+3]. The molecule has 2 unspecified atom stereocenters. The Balaban J connectivity index is 0.00000104. The van der Waals surface area contributed by atoms with E-state index in [4.69, 9.17) is 0 Å². The van der Waals surface area contributed by atoms with Gasteiger partial charge in [-0.15, -0.1) is 11.6 Å². The fraction of sp³-hybridized carbons (Fsp3) is 0.0952. The minimum Gasteiger partial charge on any atom is -1.00 e. The summed E-state index contributed by atoms with van der Waals surface area (Å²) in [6, 6.07) is 25.3. The number of nitrogens with zero attached hydrogens (tertiary/aromatic N) is 1. The third-order valence-corrected chi connectivity index (χ3v) is 4.25. The molecule has 3 aromatic rings. The maximum atomic E-state index is 4.62. The molecule has 25 heavy (non-hydrogen) atoms. The molecule has 0 saturated carbocycles. The number of fused-ring (bicyclic) bond motifs is 1. The Labute approximate surface area is 172 Å². The predicted molar refractivity (Wildman–Crippen MR) is 89.4 cm³/mol. The van der Waals surface area contributed by atoms with E-state index in [0.717, 1.165) is 5.69 Å². The largest absolute Gasteiger partial charge is 3.00 e. The van der Waals surface area contributed by atoms with E-state index in [-0.39, 0.29) is 54.0 Å². The quantitative estimate of drug-likeness (QED) is 0.501. The first-order valence-electron chi connectivity index (χ1n) is 7.57. The van der Waals surface area contributed by atoms with Crippen LogP contribution in [0.4, 0.5) is 0 Å². The normalized spacial score (nSPS) is 15.1. The molecule has 1 nitrogen and oxygen atoms in total. The topological polar surface area (TPSA) is 12.9 Å². The van der Waals surface area contributed by atoms with Gasteiger partial charge in [0.05, 0.1) is 0 Å². The molecule has 125 valence electrons. The van der Waals surface area contributed by atoms with Gasteiger partial charge in [0.25, 0.3) is 0 Å². The monoisotopic (exact) mass is 404 g/mol. The first kappa shape index (κ1) is 21.5. The smallest absolute Gasteiger partial charge is 1.00 e. The number of aromatic nitrogens is 1. The molecule has 1 aliphatic rings. The Morgan fingerprint density at radius 1 is 0.800 bits per heavy atom. The van der Waals surface area contributed by atoms with Crippen molar-refractivity contribution in [1.82, 2.24) is 4.98 Å². The van der Waals surface area contributed by atoms with Crippen LogP contribution in [0.1, 0.15) is 34.2 Å². The molecule has 0 fully saturated rings. The molecule has 0 N–H and O–H groups in total. The third-order valence-electron chi connectivity index (χ3n) is 4.25. The van der Waals surface area contributed by atoms with E-state index in [0.29, 0.717) is 0 Å². The van der Waals surface area contributed by atoms with Crippen molar-refractivity contribution >= 4 is 6.08 Å². The molecule has 2 aromatic carbocycles. The first-order valence-corrected chi connectivity index (χ1v) is 7.57. The number of pyridine rings is 1. The second-order valence-electron chi connectivity index (χ2n) is 5.56. The average molecular weight is 405 g/mol. The molecule has 0 aliphatic heterocycles. The minimum absolute atomic E-state index is 0. The van der Waals surface area contributed by atoms with E-state index in [9.17, 15) is 0 Å². The van der Waals surface area contributed by atoms with Crippen LogP contribution < -0.4 is 24.8 Å². The molecule has 1 heterocycles. The zero-order valence-corrected chi connectivity index (χ0v) is 16.1. The molecule has 0 amide bonds. The Morgan fingerprint density at radius 3 is 2.20 bits per heavy atom. The van der Waals surface area contributed by atoms with Crippen molar-refractivity contribution < 1.29 is 42.2 Å². The standard InChI is InChI=1S/C21H16N.2ClH.Cr/c1-2-9-17(10-3-1)21(20-12-6-7-15-22-20)19-14-13-16-8-4-5-11-18(16)19;;;/h1-13,15,19,21H;2*1H;/q-1;;;+3/p-2. The maximum Gasteiger partial charge on any atom is 3.00 e. The van der Waals surface area contributed by atoms with Gasteiger partial charge in [0.15, 0.2) is 0 Å². The molecule has 0 saturated heterocycles. The summed E-state index contributed by atoms with van der Waals surface area (Å²) in [5.41, 5.74) is 4.98. The van der Waals surface area contributed by atoms with Crippen molar-refractivity contribution in [2.45, 2.75) is 11.8 Å². The molecule has 1 radical (unpaired) electrons. The van der Waals surface area contributed by atoms with Crippen LogP contribution in [0.5, 0.6) is 0 Å². The van der Waals surface area contributed by atoms with Crippen molar-refractivity contribution in [2.75, 3.05) is 0 Å². The Morgan fingerprint density at radius 2 is 1.48 bits per heavy atom. The van der Waals surface area contributed by atoms with Crippen molar-refractivity contribution in [1.29, 1.82) is 0 Å². The Kier molecular flexibility index (Phi) is 8.43. The Hall–Kier alpha value is -1.56. The van der Waals surface area contributed by atoms with Crippen LogP contribution in [0.2, 0.25) is 0 Å². The number of benzene rings is 2. The van der Waals surface area contributed by atoms with Crippen molar-refractivity contribution in [3.8, 4) is 0 Å². The van der Waals surface area contributed by atoms with Gasteiger partial charge in [-0.1, -0.05) is 60.5 Å². The summed E-state index contributed by atoms with van der Waals surface area (Å²) in [5, 5.41) is 0. The van der Waals surface area contributed by atoms with Gasteiger partial charge in [0, 0.05) is 17.8 Å². The maximum absolute atomic E-state index is 4.62. The first-order chi connectivity index (χ1) is 10.9. The number of hydrogen-bond acceptors (Lipinski definition) is 1. The van der Waals surface area contributed by atoms with E-state index in [1.165, 1.54) is 16.7 Å². The van der Waals surface area contributed by atoms with Gasteiger partial charge in [0.2, 0.25) is 0 Å². The van der Waals surface area contributed by atoms with E-state index in [2.05, 4.69) is 83.9 Å². The molecule has 0 spiro atoms. The molecule has 1 aromatic heterocycles. The summed E-state index contributed by atoms with van der Waals surface area (Å²) in [6.45, 7) is 0. The average Bonchev–Trinajstić information content (AvgIpc) is 3.01. The third kappa shape index (κ3) is 4.35. The number of allylic oxidation sites excluding steroid dienone is 1. The van der Waals surface area contributed by atoms with Gasteiger partial charge in [-0.25, -0.2) is 6.08 Å². The van der Waals surface area contributed by atoms with Crippen LogP contribution in [0.25, 0.3) is 6.08 Å². The van der Waals surface area contributed by atoms with Crippen molar-refractivity contribution in [3.05, 3.63) is 107 Å². The molecule has 2 atom stereocenters. The summed E-state index contributed by atoms with van der Waals surface area (Å²) in [5.74, 6) is 0.413. The van der Waals surface area contributed by atoms with E-state index >= 15 is 0 Å². The van der Waals surface area contributed by atoms with Gasteiger partial charge >= 0.3 is 17.4 Å². The summed E-state index contributed by atoms with van der Waals surface area (Å²) >= 11 is 0. The summed E-state index contributed by atoms with van der Waals surface area (Å²) in [4.78, 5) is 4.62. The van der Waals surface area contributed by atoms with Crippen LogP contribution in [-0.2, 0) is 17.4 Å². The van der Waals surface area contributed by atoms with Gasteiger partial charge < -0.3 is 24.8 Å². The minimum atomic E-state index is 0. The predicted octanol–water partition coefficient (Wildman–Crippen LogP) is -1.17. The molecular weight excluding hydrogens is 389 g/mol. The van der Waals surface area contributed by atoms with Crippen LogP contribution in [0, 0.1) is 6.08 Å². The number of hydrogen-bond donors (Lipinski definition) is 0. The second-order valence-corrected chi connectivity index (χ2v) is 5.56. The number of rotatable bonds is 3. The van der Waals surface area contributed by atoms with Gasteiger partial charge in [-0.2, -0.15) is 5.56 Å². The van der Waals surface area contributed by atoms with E-state index in [1.54, 1.807) is 0 Å². The van der Waals surface area contributed by atoms with Crippen molar-refractivity contribution in [3.63, 3.8) is 0 Å². The number of halogens is 2. The zero-order chi connectivity index (χ0) is 14.8. The molecular formula is C21H16Cl2CrN. The fourth-order valence-electron chi connectivity index (χ4n) is 3.22. The summed E-state index contributed by atoms with van der Waals surface area (Å²) < 4.78 is 0. The van der Waals surface area contributed by atoms with Crippen LogP contribution >= 0.6 is 0 Å². The molecule has 1 aliphatic carbocycles.